The van der Waals surface area contributed by atoms with Crippen LogP contribution in [0.3, 0.4) is 0 Å². The van der Waals surface area contributed by atoms with Crippen molar-refractivity contribution < 1.29 is 0 Å². The molecule has 0 saturated heterocycles. The van der Waals surface area contributed by atoms with E-state index in [1.807, 2.05) is 6.08 Å². The first-order valence-corrected chi connectivity index (χ1v) is 6.23. The summed E-state index contributed by atoms with van der Waals surface area (Å²) in [7, 11) is 0. The fourth-order valence-corrected chi connectivity index (χ4v) is 1.88. The van der Waals surface area contributed by atoms with Crippen LogP contribution in [0.4, 0.5) is 0 Å². The lowest BCUT2D eigenvalue weighted by Gasteiger charge is -2.24. The Morgan fingerprint density at radius 3 is 2.21 bits per heavy atom. The highest BCUT2D eigenvalue weighted by Crippen LogP contribution is 2.29. The number of rotatable bonds is 9. The molecule has 0 spiro atoms. The van der Waals surface area contributed by atoms with Crippen molar-refractivity contribution in [2.24, 2.45) is 5.41 Å². The van der Waals surface area contributed by atoms with Crippen molar-refractivity contribution in [2.45, 2.75) is 72.1 Å². The first-order chi connectivity index (χ1) is 6.62. The van der Waals surface area contributed by atoms with Gasteiger partial charge in [0, 0.05) is 0 Å². The molecule has 84 valence electrons. The zero-order chi connectivity index (χ0) is 10.9. The number of hydrogen-bond acceptors (Lipinski definition) is 0. The molecule has 14 heavy (non-hydrogen) atoms. The number of allylic oxidation sites excluding steroid dienone is 1. The molecule has 0 aliphatic heterocycles. The van der Waals surface area contributed by atoms with Gasteiger partial charge in [0.2, 0.25) is 0 Å². The lowest BCUT2D eigenvalue weighted by atomic mass is 9.82. The van der Waals surface area contributed by atoms with E-state index in [4.69, 9.17) is 0 Å². The van der Waals surface area contributed by atoms with E-state index in [0.717, 1.165) is 0 Å². The van der Waals surface area contributed by atoms with Crippen LogP contribution in [0.25, 0.3) is 0 Å². The minimum atomic E-state index is 0.552. The Morgan fingerprint density at radius 1 is 1.00 bits per heavy atom. The maximum Gasteiger partial charge on any atom is -0.0353 e. The molecular weight excluding hydrogens is 168 g/mol. The lowest BCUT2D eigenvalue weighted by molar-refractivity contribution is 0.288. The van der Waals surface area contributed by atoms with E-state index >= 15 is 0 Å². The number of unbranched alkanes of at least 4 members (excludes halogenated alkanes) is 4. The third-order valence-corrected chi connectivity index (χ3v) is 2.97. The molecule has 0 unspecified atom stereocenters. The molecule has 0 aromatic rings. The van der Waals surface area contributed by atoms with Crippen LogP contribution in [0, 0.1) is 5.41 Å². The topological polar surface area (TPSA) is 0 Å². The first-order valence-electron chi connectivity index (χ1n) is 6.23. The van der Waals surface area contributed by atoms with Crippen molar-refractivity contribution >= 4 is 0 Å². The molecule has 0 amide bonds. The van der Waals surface area contributed by atoms with Gasteiger partial charge < -0.3 is 0 Å². The van der Waals surface area contributed by atoms with Crippen LogP contribution in [0.5, 0.6) is 0 Å². The van der Waals surface area contributed by atoms with Gasteiger partial charge in [-0.3, -0.25) is 0 Å². The predicted molar refractivity (Wildman–Crippen MR) is 66.6 cm³/mol. The monoisotopic (exact) mass is 196 g/mol. The molecule has 0 fully saturated rings. The van der Waals surface area contributed by atoms with Crippen molar-refractivity contribution in [3.63, 3.8) is 0 Å². The van der Waals surface area contributed by atoms with Gasteiger partial charge in [0.15, 0.2) is 0 Å². The molecule has 0 N–H and O–H groups in total. The SMILES string of the molecule is C=CCCCC(C)(C)CCCCCC. The van der Waals surface area contributed by atoms with Crippen molar-refractivity contribution in [3.8, 4) is 0 Å². The second-order valence-corrected chi connectivity index (χ2v) is 5.16. The Kier molecular flexibility index (Phi) is 7.93. The van der Waals surface area contributed by atoms with Gasteiger partial charge in [-0.15, -0.1) is 6.58 Å². The standard InChI is InChI=1S/C14H28/c1-5-7-9-11-13-14(3,4)12-10-8-6-2/h6H,2,5,7-13H2,1,3-4H3. The summed E-state index contributed by atoms with van der Waals surface area (Å²) in [5.74, 6) is 0. The zero-order valence-electron chi connectivity index (χ0n) is 10.4. The Hall–Kier alpha value is -0.260. The van der Waals surface area contributed by atoms with Gasteiger partial charge in [-0.25, -0.2) is 0 Å². The summed E-state index contributed by atoms with van der Waals surface area (Å²) >= 11 is 0. The van der Waals surface area contributed by atoms with E-state index in [0.29, 0.717) is 5.41 Å². The Balaban J connectivity index is 3.45. The maximum absolute atomic E-state index is 3.77. The van der Waals surface area contributed by atoms with Crippen LogP contribution in [0.15, 0.2) is 12.7 Å². The first kappa shape index (κ1) is 13.7. The third kappa shape index (κ3) is 8.34. The number of hydrogen-bond donors (Lipinski definition) is 0. The molecule has 0 atom stereocenters. The fourth-order valence-electron chi connectivity index (χ4n) is 1.88. The van der Waals surface area contributed by atoms with E-state index in [1.54, 1.807) is 0 Å². The van der Waals surface area contributed by atoms with Crippen LogP contribution in [0.2, 0.25) is 0 Å². The molecule has 0 aliphatic carbocycles. The summed E-state index contributed by atoms with van der Waals surface area (Å²) in [6, 6.07) is 0. The average Bonchev–Trinajstić information content (AvgIpc) is 2.13. The average molecular weight is 196 g/mol. The molecule has 0 aromatic heterocycles. The van der Waals surface area contributed by atoms with Crippen molar-refractivity contribution in [1.29, 1.82) is 0 Å². The summed E-state index contributed by atoms with van der Waals surface area (Å²) in [5, 5.41) is 0. The Bertz CT molecular complexity index is 133. The van der Waals surface area contributed by atoms with E-state index < -0.39 is 0 Å². The minimum Gasteiger partial charge on any atom is -0.103 e. The van der Waals surface area contributed by atoms with Crippen LogP contribution < -0.4 is 0 Å². The summed E-state index contributed by atoms with van der Waals surface area (Å²) in [5.41, 5.74) is 0.552. The van der Waals surface area contributed by atoms with Gasteiger partial charge in [0.1, 0.15) is 0 Å². The predicted octanol–water partition coefficient (Wildman–Crippen LogP) is 5.34. The van der Waals surface area contributed by atoms with Gasteiger partial charge in [0.05, 0.1) is 0 Å². The molecule has 0 nitrogen and oxygen atoms in total. The summed E-state index contributed by atoms with van der Waals surface area (Å²) in [4.78, 5) is 0. The van der Waals surface area contributed by atoms with E-state index in [-0.39, 0.29) is 0 Å². The van der Waals surface area contributed by atoms with Crippen LogP contribution >= 0.6 is 0 Å². The molecule has 0 radical (unpaired) electrons. The molecule has 0 aliphatic rings. The second kappa shape index (κ2) is 8.08. The third-order valence-electron chi connectivity index (χ3n) is 2.97. The summed E-state index contributed by atoms with van der Waals surface area (Å²) < 4.78 is 0. The molecular formula is C14H28. The molecule has 0 rings (SSSR count). The Morgan fingerprint density at radius 2 is 1.64 bits per heavy atom. The highest BCUT2D eigenvalue weighted by molar-refractivity contribution is 4.72. The van der Waals surface area contributed by atoms with Crippen molar-refractivity contribution in [2.75, 3.05) is 0 Å². The van der Waals surface area contributed by atoms with Crippen LogP contribution in [-0.2, 0) is 0 Å². The van der Waals surface area contributed by atoms with Gasteiger partial charge >= 0.3 is 0 Å². The van der Waals surface area contributed by atoms with Crippen molar-refractivity contribution in [3.05, 3.63) is 12.7 Å². The molecule has 0 saturated carbocycles. The minimum absolute atomic E-state index is 0.552. The zero-order valence-corrected chi connectivity index (χ0v) is 10.4. The van der Waals surface area contributed by atoms with E-state index in [2.05, 4.69) is 27.4 Å². The quantitative estimate of drug-likeness (QED) is 0.345. The smallest absolute Gasteiger partial charge is 0.0353 e. The molecule has 0 heterocycles. The van der Waals surface area contributed by atoms with Gasteiger partial charge in [0.25, 0.3) is 0 Å². The molecule has 0 heteroatoms. The second-order valence-electron chi connectivity index (χ2n) is 5.16. The molecule has 0 aromatic carbocycles. The Labute approximate surface area is 90.8 Å². The maximum atomic E-state index is 3.77. The highest BCUT2D eigenvalue weighted by atomic mass is 14.2. The van der Waals surface area contributed by atoms with Crippen LogP contribution in [0.1, 0.15) is 72.1 Å². The highest BCUT2D eigenvalue weighted by Gasteiger charge is 2.15. The largest absolute Gasteiger partial charge is 0.103 e. The summed E-state index contributed by atoms with van der Waals surface area (Å²) in [6.45, 7) is 10.8. The van der Waals surface area contributed by atoms with Crippen molar-refractivity contribution in [1.82, 2.24) is 0 Å². The normalized spacial score (nSPS) is 11.6. The summed E-state index contributed by atoms with van der Waals surface area (Å²) in [6.07, 6.45) is 12.8. The van der Waals surface area contributed by atoms with E-state index in [9.17, 15) is 0 Å². The lowest BCUT2D eigenvalue weighted by Crippen LogP contribution is -2.10. The molecule has 0 bridgehead atoms. The van der Waals surface area contributed by atoms with Gasteiger partial charge in [-0.2, -0.15) is 0 Å². The van der Waals surface area contributed by atoms with E-state index in [1.165, 1.54) is 51.4 Å². The van der Waals surface area contributed by atoms with Gasteiger partial charge in [-0.05, 0) is 31.1 Å². The fraction of sp³-hybridized carbons (Fsp3) is 0.857. The van der Waals surface area contributed by atoms with Crippen LogP contribution in [-0.4, -0.2) is 0 Å². The van der Waals surface area contributed by atoms with Gasteiger partial charge in [-0.1, -0.05) is 52.5 Å².